The van der Waals surface area contributed by atoms with Crippen LogP contribution in [-0.4, -0.2) is 39.8 Å². The van der Waals surface area contributed by atoms with Gasteiger partial charge < -0.3 is 15.2 Å². The van der Waals surface area contributed by atoms with Gasteiger partial charge in [0.25, 0.3) is 0 Å². The Hall–Kier alpha value is -3.15. The second kappa shape index (κ2) is 8.90. The summed E-state index contributed by atoms with van der Waals surface area (Å²) in [5, 5.41) is 3.04. The first-order chi connectivity index (χ1) is 14.2. The van der Waals surface area contributed by atoms with Crippen LogP contribution in [0.25, 0.3) is 11.0 Å². The Labute approximate surface area is 170 Å². The lowest BCUT2D eigenvalue weighted by molar-refractivity contribution is -0.135. The van der Waals surface area contributed by atoms with Gasteiger partial charge in [-0.2, -0.15) is 0 Å². The van der Waals surface area contributed by atoms with Gasteiger partial charge in [0.2, 0.25) is 11.8 Å². The van der Waals surface area contributed by atoms with Crippen LogP contribution in [0.15, 0.2) is 54.9 Å². The monoisotopic (exact) mass is 390 g/mol. The molecule has 2 N–H and O–H groups in total. The van der Waals surface area contributed by atoms with Crippen LogP contribution in [0.3, 0.4) is 0 Å². The predicted octanol–water partition coefficient (Wildman–Crippen LogP) is 3.05. The van der Waals surface area contributed by atoms with Gasteiger partial charge in [0.15, 0.2) is 0 Å². The number of aryl methyl sites for hydroxylation is 1. The Morgan fingerprint density at radius 2 is 1.86 bits per heavy atom. The molecule has 2 aromatic carbocycles. The van der Waals surface area contributed by atoms with Gasteiger partial charge in [0.1, 0.15) is 0 Å². The maximum absolute atomic E-state index is 12.5. The number of aromatic nitrogens is 2. The summed E-state index contributed by atoms with van der Waals surface area (Å²) in [6, 6.07) is 16.0. The molecule has 1 aliphatic rings. The van der Waals surface area contributed by atoms with Gasteiger partial charge in [0.05, 0.1) is 17.4 Å². The topological polar surface area (TPSA) is 78.1 Å². The van der Waals surface area contributed by atoms with Crippen LogP contribution in [0, 0.1) is 5.92 Å². The van der Waals surface area contributed by atoms with Crippen molar-refractivity contribution in [2.45, 2.75) is 32.2 Å². The summed E-state index contributed by atoms with van der Waals surface area (Å²) < 4.78 is 0. The molecule has 1 saturated heterocycles. The Morgan fingerprint density at radius 3 is 2.66 bits per heavy atom. The van der Waals surface area contributed by atoms with Gasteiger partial charge >= 0.3 is 0 Å². The third-order valence-corrected chi connectivity index (χ3v) is 5.64. The van der Waals surface area contributed by atoms with E-state index >= 15 is 0 Å². The van der Waals surface area contributed by atoms with E-state index < -0.39 is 0 Å². The van der Waals surface area contributed by atoms with Crippen LogP contribution >= 0.6 is 0 Å². The Bertz CT molecular complexity index is 975. The van der Waals surface area contributed by atoms with E-state index in [1.165, 1.54) is 5.56 Å². The van der Waals surface area contributed by atoms with E-state index in [0.717, 1.165) is 35.9 Å². The lowest BCUT2D eigenvalue weighted by Gasteiger charge is -2.31. The van der Waals surface area contributed by atoms with E-state index in [0.29, 0.717) is 26.1 Å². The van der Waals surface area contributed by atoms with Crippen LogP contribution in [-0.2, 0) is 22.6 Å². The molecule has 2 heterocycles. The Kier molecular flexibility index (Phi) is 5.89. The van der Waals surface area contributed by atoms with Gasteiger partial charge in [-0.3, -0.25) is 9.59 Å². The summed E-state index contributed by atoms with van der Waals surface area (Å²) in [7, 11) is 0. The average Bonchev–Trinajstić information content (AvgIpc) is 3.24. The smallest absolute Gasteiger partial charge is 0.223 e. The molecule has 0 atom stereocenters. The molecule has 0 aliphatic carbocycles. The van der Waals surface area contributed by atoms with Crippen molar-refractivity contribution in [3.63, 3.8) is 0 Å². The molecule has 6 heteroatoms. The minimum Gasteiger partial charge on any atom is -0.352 e. The van der Waals surface area contributed by atoms with E-state index in [1.807, 2.05) is 53.4 Å². The lowest BCUT2D eigenvalue weighted by Crippen LogP contribution is -2.43. The lowest BCUT2D eigenvalue weighted by atomic mass is 9.95. The summed E-state index contributed by atoms with van der Waals surface area (Å²) in [6.45, 7) is 1.82. The first-order valence-electron chi connectivity index (χ1n) is 10.2. The molecule has 1 aliphatic heterocycles. The van der Waals surface area contributed by atoms with E-state index in [2.05, 4.69) is 15.3 Å². The maximum atomic E-state index is 12.5. The van der Waals surface area contributed by atoms with Crippen molar-refractivity contribution in [2.24, 2.45) is 5.92 Å². The molecule has 0 radical (unpaired) electrons. The molecular weight excluding hydrogens is 364 g/mol. The predicted molar refractivity (Wildman–Crippen MR) is 112 cm³/mol. The van der Waals surface area contributed by atoms with Gasteiger partial charge in [-0.1, -0.05) is 36.4 Å². The fraction of sp³-hybridized carbons (Fsp3) is 0.348. The fourth-order valence-electron chi connectivity index (χ4n) is 3.87. The standard InChI is InChI=1S/C23H26N4O2/c28-22(9-7-17-4-2-1-3-5-17)27-12-10-19(11-13-27)23(29)24-15-18-6-8-20-21(14-18)26-16-25-20/h1-6,8,14,16,19H,7,9-13,15H2,(H,24,29)(H,25,26). The van der Waals surface area contributed by atoms with Crippen molar-refractivity contribution in [3.8, 4) is 0 Å². The third-order valence-electron chi connectivity index (χ3n) is 5.64. The number of hydrogen-bond acceptors (Lipinski definition) is 3. The molecule has 4 rings (SSSR count). The van der Waals surface area contributed by atoms with E-state index in [4.69, 9.17) is 0 Å². The number of carbonyl (C=O) groups is 2. The first kappa shape index (κ1) is 19.2. The summed E-state index contributed by atoms with van der Waals surface area (Å²) in [6.07, 6.45) is 4.41. The number of nitrogens with zero attached hydrogens (tertiary/aromatic N) is 2. The molecule has 1 aromatic heterocycles. The van der Waals surface area contributed by atoms with E-state index in [9.17, 15) is 9.59 Å². The molecule has 0 saturated carbocycles. The van der Waals surface area contributed by atoms with Crippen molar-refractivity contribution in [2.75, 3.05) is 13.1 Å². The van der Waals surface area contributed by atoms with Crippen LogP contribution in [0.5, 0.6) is 0 Å². The molecule has 1 fully saturated rings. The van der Waals surface area contributed by atoms with Gasteiger partial charge in [-0.05, 0) is 42.5 Å². The summed E-state index contributed by atoms with van der Waals surface area (Å²) in [4.78, 5) is 34.2. The van der Waals surface area contributed by atoms with Crippen LogP contribution < -0.4 is 5.32 Å². The van der Waals surface area contributed by atoms with Crippen molar-refractivity contribution >= 4 is 22.8 Å². The number of H-pyrrole nitrogens is 1. The summed E-state index contributed by atoms with van der Waals surface area (Å²) >= 11 is 0. The number of hydrogen-bond donors (Lipinski definition) is 2. The number of likely N-dealkylation sites (tertiary alicyclic amines) is 1. The largest absolute Gasteiger partial charge is 0.352 e. The second-order valence-electron chi connectivity index (χ2n) is 7.61. The minimum atomic E-state index is -0.0240. The molecule has 2 amide bonds. The second-order valence-corrected chi connectivity index (χ2v) is 7.61. The Balaban J connectivity index is 1.21. The number of carbonyl (C=O) groups excluding carboxylic acids is 2. The zero-order chi connectivity index (χ0) is 20.1. The van der Waals surface area contributed by atoms with E-state index in [1.54, 1.807) is 6.33 Å². The summed E-state index contributed by atoms with van der Waals surface area (Å²) in [5.41, 5.74) is 4.12. The van der Waals surface area contributed by atoms with Crippen LogP contribution in [0.4, 0.5) is 0 Å². The van der Waals surface area contributed by atoms with Crippen molar-refractivity contribution < 1.29 is 9.59 Å². The zero-order valence-electron chi connectivity index (χ0n) is 16.4. The van der Waals surface area contributed by atoms with Crippen molar-refractivity contribution in [1.82, 2.24) is 20.2 Å². The molecular formula is C23H26N4O2. The quantitative estimate of drug-likeness (QED) is 0.679. The third kappa shape index (κ3) is 4.83. The molecule has 29 heavy (non-hydrogen) atoms. The molecule has 3 aromatic rings. The molecule has 150 valence electrons. The Morgan fingerprint density at radius 1 is 1.07 bits per heavy atom. The number of aromatic amines is 1. The fourth-order valence-corrected chi connectivity index (χ4v) is 3.87. The number of imidazole rings is 1. The molecule has 0 bridgehead atoms. The maximum Gasteiger partial charge on any atom is 0.223 e. The highest BCUT2D eigenvalue weighted by Crippen LogP contribution is 2.19. The highest BCUT2D eigenvalue weighted by Gasteiger charge is 2.26. The number of fused-ring (bicyclic) bond motifs is 1. The SMILES string of the molecule is O=C(NCc1ccc2nc[nH]c2c1)C1CCN(C(=O)CCc2ccccc2)CC1. The number of piperidine rings is 1. The molecule has 0 spiro atoms. The highest BCUT2D eigenvalue weighted by molar-refractivity contribution is 5.80. The summed E-state index contributed by atoms with van der Waals surface area (Å²) in [5.74, 6) is 0.232. The number of benzene rings is 2. The van der Waals surface area contributed by atoms with Gasteiger partial charge in [0, 0.05) is 32.0 Å². The first-order valence-corrected chi connectivity index (χ1v) is 10.2. The number of amides is 2. The highest BCUT2D eigenvalue weighted by atomic mass is 16.2. The molecule has 6 nitrogen and oxygen atoms in total. The van der Waals surface area contributed by atoms with Crippen LogP contribution in [0.2, 0.25) is 0 Å². The van der Waals surface area contributed by atoms with Crippen molar-refractivity contribution in [3.05, 3.63) is 66.0 Å². The normalized spacial score (nSPS) is 14.8. The number of rotatable bonds is 6. The molecule has 0 unspecified atom stereocenters. The average molecular weight is 390 g/mol. The van der Waals surface area contributed by atoms with Crippen LogP contribution in [0.1, 0.15) is 30.4 Å². The van der Waals surface area contributed by atoms with Gasteiger partial charge in [-0.25, -0.2) is 4.98 Å². The van der Waals surface area contributed by atoms with E-state index in [-0.39, 0.29) is 17.7 Å². The minimum absolute atomic E-state index is 0.0240. The van der Waals surface area contributed by atoms with Gasteiger partial charge in [-0.15, -0.1) is 0 Å². The van der Waals surface area contributed by atoms with Crippen molar-refractivity contribution in [1.29, 1.82) is 0 Å². The zero-order valence-corrected chi connectivity index (χ0v) is 16.4. The number of nitrogens with one attached hydrogen (secondary N) is 2.